The van der Waals surface area contributed by atoms with E-state index in [1.165, 1.54) is 24.0 Å². The normalized spacial score (nSPS) is 23.3. The summed E-state index contributed by atoms with van der Waals surface area (Å²) in [5.74, 6) is 1.36. The largest absolute Gasteiger partial charge is 0.496 e. The van der Waals surface area contributed by atoms with Gasteiger partial charge < -0.3 is 15.2 Å². The summed E-state index contributed by atoms with van der Waals surface area (Å²) in [6, 6.07) is 6.26. The summed E-state index contributed by atoms with van der Waals surface area (Å²) in [5.41, 5.74) is 2.43. The summed E-state index contributed by atoms with van der Waals surface area (Å²) in [6.07, 6.45) is 4.43. The fraction of sp³-hybridized carbons (Fsp3) is 0.625. The molecular weight excluding hydrogens is 238 g/mol. The van der Waals surface area contributed by atoms with Gasteiger partial charge in [-0.25, -0.2) is 0 Å². The molecule has 2 N–H and O–H groups in total. The van der Waals surface area contributed by atoms with E-state index in [2.05, 4.69) is 24.4 Å². The molecule has 3 nitrogen and oxygen atoms in total. The first-order valence-corrected chi connectivity index (χ1v) is 7.23. The van der Waals surface area contributed by atoms with Gasteiger partial charge in [-0.1, -0.05) is 25.0 Å². The van der Waals surface area contributed by atoms with E-state index in [0.717, 1.165) is 31.7 Å². The van der Waals surface area contributed by atoms with Gasteiger partial charge in [0.15, 0.2) is 0 Å². The fourth-order valence-electron chi connectivity index (χ4n) is 2.88. The molecule has 0 radical (unpaired) electrons. The minimum Gasteiger partial charge on any atom is -0.496 e. The third-order valence-electron chi connectivity index (χ3n) is 4.06. The minimum absolute atomic E-state index is 0.112. The third kappa shape index (κ3) is 3.95. The van der Waals surface area contributed by atoms with E-state index in [9.17, 15) is 5.11 Å². The number of methoxy groups -OCH3 is 1. The van der Waals surface area contributed by atoms with Crippen molar-refractivity contribution in [2.24, 2.45) is 5.92 Å². The lowest BCUT2D eigenvalue weighted by Gasteiger charge is -2.27. The summed E-state index contributed by atoms with van der Waals surface area (Å²) >= 11 is 0. The van der Waals surface area contributed by atoms with E-state index >= 15 is 0 Å². The molecule has 2 rings (SSSR count). The van der Waals surface area contributed by atoms with Gasteiger partial charge in [0, 0.05) is 13.1 Å². The molecule has 2 unspecified atom stereocenters. The Morgan fingerprint density at radius 3 is 2.79 bits per heavy atom. The van der Waals surface area contributed by atoms with E-state index < -0.39 is 0 Å². The highest BCUT2D eigenvalue weighted by atomic mass is 16.5. The molecule has 1 saturated carbocycles. The van der Waals surface area contributed by atoms with Crippen molar-refractivity contribution in [1.29, 1.82) is 0 Å². The number of aryl methyl sites for hydroxylation is 1. The predicted molar refractivity (Wildman–Crippen MR) is 77.4 cm³/mol. The maximum absolute atomic E-state index is 9.92. The first-order valence-electron chi connectivity index (χ1n) is 7.23. The number of hydrogen-bond acceptors (Lipinski definition) is 3. The average Bonchev–Trinajstić information content (AvgIpc) is 2.41. The van der Waals surface area contributed by atoms with Crippen molar-refractivity contribution in [3.63, 3.8) is 0 Å². The topological polar surface area (TPSA) is 41.5 Å². The Morgan fingerprint density at radius 1 is 1.32 bits per heavy atom. The molecule has 3 heteroatoms. The highest BCUT2D eigenvalue weighted by molar-refractivity contribution is 5.36. The lowest BCUT2D eigenvalue weighted by Crippen LogP contribution is -2.33. The summed E-state index contributed by atoms with van der Waals surface area (Å²) in [7, 11) is 1.70. The Hall–Kier alpha value is -1.06. The molecule has 19 heavy (non-hydrogen) atoms. The maximum Gasteiger partial charge on any atom is 0.121 e. The molecule has 0 amide bonds. The van der Waals surface area contributed by atoms with Crippen molar-refractivity contribution in [1.82, 2.24) is 5.32 Å². The molecule has 0 heterocycles. The van der Waals surface area contributed by atoms with E-state index in [-0.39, 0.29) is 6.10 Å². The van der Waals surface area contributed by atoms with Crippen LogP contribution in [0.2, 0.25) is 0 Å². The highest BCUT2D eigenvalue weighted by Crippen LogP contribution is 2.24. The van der Waals surface area contributed by atoms with Crippen LogP contribution in [0.4, 0.5) is 0 Å². The van der Waals surface area contributed by atoms with Gasteiger partial charge in [0.05, 0.1) is 13.2 Å². The number of aliphatic hydroxyl groups excluding tert-OH is 1. The zero-order chi connectivity index (χ0) is 13.7. The molecule has 1 fully saturated rings. The first-order chi connectivity index (χ1) is 9.20. The lowest BCUT2D eigenvalue weighted by atomic mass is 9.86. The molecule has 1 aromatic carbocycles. The predicted octanol–water partition coefficient (Wildman–Crippen LogP) is 2.64. The second-order valence-corrected chi connectivity index (χ2v) is 5.55. The Balaban J connectivity index is 1.80. The average molecular weight is 263 g/mol. The van der Waals surface area contributed by atoms with E-state index in [0.29, 0.717) is 5.92 Å². The second-order valence-electron chi connectivity index (χ2n) is 5.55. The van der Waals surface area contributed by atoms with Crippen molar-refractivity contribution in [2.75, 3.05) is 13.7 Å². The van der Waals surface area contributed by atoms with Crippen LogP contribution in [0, 0.1) is 12.8 Å². The SMILES string of the molecule is COc1ccc(CNCC2CCCCC2O)cc1C. The van der Waals surface area contributed by atoms with Gasteiger partial charge in [-0.05, 0) is 42.9 Å². The van der Waals surface area contributed by atoms with Crippen LogP contribution in [0.3, 0.4) is 0 Å². The van der Waals surface area contributed by atoms with Crippen LogP contribution in [0.15, 0.2) is 18.2 Å². The van der Waals surface area contributed by atoms with Crippen LogP contribution in [0.1, 0.15) is 36.8 Å². The molecule has 106 valence electrons. The third-order valence-corrected chi connectivity index (χ3v) is 4.06. The molecule has 0 spiro atoms. The van der Waals surface area contributed by atoms with Gasteiger partial charge in [0.2, 0.25) is 0 Å². The molecule has 0 bridgehead atoms. The Labute approximate surface area is 116 Å². The molecule has 1 aromatic rings. The lowest BCUT2D eigenvalue weighted by molar-refractivity contribution is 0.0695. The van der Waals surface area contributed by atoms with Crippen molar-refractivity contribution < 1.29 is 9.84 Å². The van der Waals surface area contributed by atoms with Crippen molar-refractivity contribution >= 4 is 0 Å². The Kier molecular flexibility index (Phi) is 5.23. The minimum atomic E-state index is -0.112. The highest BCUT2D eigenvalue weighted by Gasteiger charge is 2.22. The Morgan fingerprint density at radius 2 is 2.11 bits per heavy atom. The van der Waals surface area contributed by atoms with Crippen LogP contribution in [0.5, 0.6) is 5.75 Å². The zero-order valence-corrected chi connectivity index (χ0v) is 12.0. The smallest absolute Gasteiger partial charge is 0.121 e. The summed E-state index contributed by atoms with van der Waals surface area (Å²) in [4.78, 5) is 0. The van der Waals surface area contributed by atoms with Gasteiger partial charge in [-0.3, -0.25) is 0 Å². The molecule has 2 atom stereocenters. The maximum atomic E-state index is 9.92. The fourth-order valence-corrected chi connectivity index (χ4v) is 2.88. The monoisotopic (exact) mass is 263 g/mol. The molecule has 0 saturated heterocycles. The van der Waals surface area contributed by atoms with Crippen LogP contribution in [-0.2, 0) is 6.54 Å². The van der Waals surface area contributed by atoms with Crippen molar-refractivity contribution in [3.05, 3.63) is 29.3 Å². The standard InChI is InChI=1S/C16H25NO2/c1-12-9-13(7-8-16(12)19-2)10-17-11-14-5-3-4-6-15(14)18/h7-9,14-15,17-18H,3-6,10-11H2,1-2H3. The van der Waals surface area contributed by atoms with Crippen LogP contribution in [-0.4, -0.2) is 24.9 Å². The van der Waals surface area contributed by atoms with Gasteiger partial charge in [0.25, 0.3) is 0 Å². The molecule has 0 aromatic heterocycles. The van der Waals surface area contributed by atoms with E-state index in [1.807, 2.05) is 6.07 Å². The van der Waals surface area contributed by atoms with Crippen LogP contribution >= 0.6 is 0 Å². The number of hydrogen-bond donors (Lipinski definition) is 2. The number of nitrogens with one attached hydrogen (secondary N) is 1. The van der Waals surface area contributed by atoms with Gasteiger partial charge >= 0.3 is 0 Å². The summed E-state index contributed by atoms with van der Waals surface area (Å²) in [6.45, 7) is 3.83. The number of rotatable bonds is 5. The first kappa shape index (κ1) is 14.4. The zero-order valence-electron chi connectivity index (χ0n) is 12.0. The summed E-state index contributed by atoms with van der Waals surface area (Å²) < 4.78 is 5.26. The van der Waals surface area contributed by atoms with Gasteiger partial charge in [0.1, 0.15) is 5.75 Å². The van der Waals surface area contributed by atoms with E-state index in [1.54, 1.807) is 7.11 Å². The van der Waals surface area contributed by atoms with Gasteiger partial charge in [-0.2, -0.15) is 0 Å². The number of aliphatic hydroxyl groups is 1. The van der Waals surface area contributed by atoms with Crippen LogP contribution < -0.4 is 10.1 Å². The van der Waals surface area contributed by atoms with E-state index in [4.69, 9.17) is 4.74 Å². The summed E-state index contributed by atoms with van der Waals surface area (Å²) in [5, 5.41) is 13.4. The van der Waals surface area contributed by atoms with Crippen molar-refractivity contribution in [2.45, 2.75) is 45.3 Å². The molecule has 1 aliphatic carbocycles. The Bertz CT molecular complexity index is 406. The van der Waals surface area contributed by atoms with Gasteiger partial charge in [-0.15, -0.1) is 0 Å². The quantitative estimate of drug-likeness (QED) is 0.858. The number of ether oxygens (including phenoxy) is 1. The molecule has 0 aliphatic heterocycles. The van der Waals surface area contributed by atoms with Crippen LogP contribution in [0.25, 0.3) is 0 Å². The second kappa shape index (κ2) is 6.92. The number of benzene rings is 1. The molecule has 1 aliphatic rings. The molecular formula is C16H25NO2. The van der Waals surface area contributed by atoms with Crippen molar-refractivity contribution in [3.8, 4) is 5.75 Å².